The third-order valence-corrected chi connectivity index (χ3v) is 4.86. The van der Waals surface area contributed by atoms with Gasteiger partial charge in [-0.25, -0.2) is 13.8 Å². The molecule has 0 atom stereocenters. The number of nitrogen functional groups attached to an aromatic ring is 1. The number of pyridine rings is 1. The number of hydrogen-bond donors (Lipinski definition) is 3. The Kier molecular flexibility index (Phi) is 6.72. The number of benzene rings is 2. The molecule has 0 aliphatic carbocycles. The molecule has 0 aliphatic rings. The molecule has 3 rings (SSSR count). The van der Waals surface area contributed by atoms with Gasteiger partial charge in [0.1, 0.15) is 17.3 Å². The maximum atomic E-state index is 14.7. The van der Waals surface area contributed by atoms with Gasteiger partial charge in [0.15, 0.2) is 0 Å². The van der Waals surface area contributed by atoms with E-state index in [1.807, 2.05) is 0 Å². The number of carbonyl (C=O) groups is 2. The average molecular weight is 465 g/mol. The fourth-order valence-electron chi connectivity index (χ4n) is 2.82. The lowest BCUT2D eigenvalue weighted by atomic mass is 10.0. The minimum atomic E-state index is -0.768. The van der Waals surface area contributed by atoms with Crippen LogP contribution in [0.2, 0.25) is 10.0 Å². The van der Waals surface area contributed by atoms with Crippen LogP contribution in [0.3, 0.4) is 0 Å². The van der Waals surface area contributed by atoms with Crippen LogP contribution in [0.1, 0.15) is 27.8 Å². The van der Waals surface area contributed by atoms with Crippen LogP contribution in [0.15, 0.2) is 42.6 Å². The van der Waals surface area contributed by atoms with Crippen LogP contribution in [0, 0.1) is 11.6 Å². The van der Waals surface area contributed by atoms with E-state index >= 15 is 0 Å². The molecular formula is C21H16Cl2F2N4O2. The molecule has 4 N–H and O–H groups in total. The molecule has 0 unspecified atom stereocenters. The standard InChI is InChI=1S/C21H16Cl2F2N4O2/c1-2-27-21(31)19-16(23)6-11(9-28-19)29-20(30)14-8-17(25)13(7-15(14)22)12-4-3-10(24)5-18(12)26/h3-9H,2,26H2,1H3,(H,27,31)(H,29,30). The van der Waals surface area contributed by atoms with Crippen LogP contribution in [-0.4, -0.2) is 23.3 Å². The summed E-state index contributed by atoms with van der Waals surface area (Å²) in [6, 6.07) is 7.05. The molecule has 1 aromatic heterocycles. The highest BCUT2D eigenvalue weighted by Gasteiger charge is 2.19. The first-order valence-electron chi connectivity index (χ1n) is 9.00. The third-order valence-electron chi connectivity index (χ3n) is 4.26. The molecule has 0 saturated heterocycles. The molecule has 0 aliphatic heterocycles. The number of hydrogen-bond acceptors (Lipinski definition) is 4. The zero-order valence-corrected chi connectivity index (χ0v) is 17.6. The average Bonchev–Trinajstić information content (AvgIpc) is 2.70. The second kappa shape index (κ2) is 9.28. The molecule has 0 spiro atoms. The van der Waals surface area contributed by atoms with Gasteiger partial charge in [-0.15, -0.1) is 0 Å². The van der Waals surface area contributed by atoms with Crippen molar-refractivity contribution < 1.29 is 18.4 Å². The lowest BCUT2D eigenvalue weighted by Gasteiger charge is -2.12. The number of aromatic nitrogens is 1. The minimum Gasteiger partial charge on any atom is -0.398 e. The molecule has 0 radical (unpaired) electrons. The predicted molar refractivity (Wildman–Crippen MR) is 116 cm³/mol. The van der Waals surface area contributed by atoms with E-state index in [1.165, 1.54) is 24.4 Å². The number of anilines is 2. The maximum Gasteiger partial charge on any atom is 0.271 e. The van der Waals surface area contributed by atoms with E-state index < -0.39 is 23.4 Å². The third kappa shape index (κ3) is 4.92. The molecule has 0 saturated carbocycles. The van der Waals surface area contributed by atoms with E-state index in [0.29, 0.717) is 6.54 Å². The van der Waals surface area contributed by atoms with Gasteiger partial charge in [-0.1, -0.05) is 23.2 Å². The van der Waals surface area contributed by atoms with Crippen LogP contribution >= 0.6 is 23.2 Å². The smallest absolute Gasteiger partial charge is 0.271 e. The summed E-state index contributed by atoms with van der Waals surface area (Å²) in [4.78, 5) is 28.4. The van der Waals surface area contributed by atoms with Crippen molar-refractivity contribution in [1.29, 1.82) is 0 Å². The highest BCUT2D eigenvalue weighted by molar-refractivity contribution is 6.35. The summed E-state index contributed by atoms with van der Waals surface area (Å²) in [7, 11) is 0. The minimum absolute atomic E-state index is 0.00633. The van der Waals surface area contributed by atoms with Crippen LogP contribution in [0.5, 0.6) is 0 Å². The van der Waals surface area contributed by atoms with Crippen LogP contribution in [0.4, 0.5) is 20.2 Å². The van der Waals surface area contributed by atoms with Crippen molar-refractivity contribution in [3.05, 3.63) is 75.5 Å². The second-order valence-electron chi connectivity index (χ2n) is 6.41. The van der Waals surface area contributed by atoms with Crippen molar-refractivity contribution in [2.24, 2.45) is 0 Å². The van der Waals surface area contributed by atoms with Gasteiger partial charge in [-0.3, -0.25) is 9.59 Å². The predicted octanol–water partition coefficient (Wildman–Crippen LogP) is 4.92. The molecule has 0 bridgehead atoms. The number of carbonyl (C=O) groups excluding carboxylic acids is 2. The van der Waals surface area contributed by atoms with Crippen LogP contribution < -0.4 is 16.4 Å². The highest BCUT2D eigenvalue weighted by atomic mass is 35.5. The lowest BCUT2D eigenvalue weighted by molar-refractivity contribution is 0.0950. The molecule has 0 fully saturated rings. The van der Waals surface area contributed by atoms with Crippen molar-refractivity contribution in [3.8, 4) is 11.1 Å². The van der Waals surface area contributed by atoms with Crippen molar-refractivity contribution >= 4 is 46.4 Å². The van der Waals surface area contributed by atoms with Gasteiger partial charge in [0.25, 0.3) is 11.8 Å². The number of amides is 2. The van der Waals surface area contributed by atoms with Gasteiger partial charge in [-0.2, -0.15) is 0 Å². The Hall–Kier alpha value is -3.23. The highest BCUT2D eigenvalue weighted by Crippen LogP contribution is 2.33. The first-order chi connectivity index (χ1) is 14.7. The monoisotopic (exact) mass is 464 g/mol. The molecule has 3 aromatic rings. The van der Waals surface area contributed by atoms with E-state index in [1.54, 1.807) is 6.92 Å². The van der Waals surface area contributed by atoms with Gasteiger partial charge in [0.2, 0.25) is 0 Å². The molecule has 31 heavy (non-hydrogen) atoms. The fraction of sp³-hybridized carbons (Fsp3) is 0.0952. The Labute approximate surface area is 186 Å². The van der Waals surface area contributed by atoms with Gasteiger partial charge < -0.3 is 16.4 Å². The molecule has 10 heteroatoms. The van der Waals surface area contributed by atoms with Gasteiger partial charge in [0, 0.05) is 23.4 Å². The zero-order valence-electron chi connectivity index (χ0n) is 16.1. The quantitative estimate of drug-likeness (QED) is 0.466. The number of rotatable bonds is 5. The van der Waals surface area contributed by atoms with Crippen LogP contribution in [0.25, 0.3) is 11.1 Å². The normalized spacial score (nSPS) is 10.6. The Morgan fingerprint density at radius 3 is 2.42 bits per heavy atom. The summed E-state index contributed by atoms with van der Waals surface area (Å²) < 4.78 is 28.0. The maximum absolute atomic E-state index is 14.7. The summed E-state index contributed by atoms with van der Waals surface area (Å²) in [6.07, 6.45) is 1.24. The Morgan fingerprint density at radius 2 is 1.77 bits per heavy atom. The summed E-state index contributed by atoms with van der Waals surface area (Å²) in [5, 5.41) is 5.05. The van der Waals surface area contributed by atoms with Gasteiger partial charge >= 0.3 is 0 Å². The summed E-state index contributed by atoms with van der Waals surface area (Å²) in [5.41, 5.74) is 6.10. The van der Waals surface area contributed by atoms with Crippen LogP contribution in [-0.2, 0) is 0 Å². The lowest BCUT2D eigenvalue weighted by Crippen LogP contribution is -2.24. The van der Waals surface area contributed by atoms with E-state index in [0.717, 1.165) is 18.2 Å². The van der Waals surface area contributed by atoms with Crippen molar-refractivity contribution in [1.82, 2.24) is 10.3 Å². The Balaban J connectivity index is 1.86. The van der Waals surface area contributed by atoms with E-state index in [2.05, 4.69) is 15.6 Å². The molecule has 160 valence electrons. The number of nitrogens with one attached hydrogen (secondary N) is 2. The fourth-order valence-corrected chi connectivity index (χ4v) is 3.32. The molecule has 6 nitrogen and oxygen atoms in total. The van der Waals surface area contributed by atoms with E-state index in [9.17, 15) is 18.4 Å². The van der Waals surface area contributed by atoms with Gasteiger partial charge in [0.05, 0.1) is 27.5 Å². The van der Waals surface area contributed by atoms with E-state index in [4.69, 9.17) is 28.9 Å². The van der Waals surface area contributed by atoms with Crippen molar-refractivity contribution in [3.63, 3.8) is 0 Å². The SMILES string of the molecule is CCNC(=O)c1ncc(NC(=O)c2cc(F)c(-c3ccc(F)cc3N)cc2Cl)cc1Cl. The summed E-state index contributed by atoms with van der Waals surface area (Å²) >= 11 is 12.3. The molecule has 2 aromatic carbocycles. The molecular weight excluding hydrogens is 449 g/mol. The molecule has 2 amide bonds. The van der Waals surface area contributed by atoms with Gasteiger partial charge in [-0.05, 0) is 43.3 Å². The van der Waals surface area contributed by atoms with Crippen molar-refractivity contribution in [2.45, 2.75) is 6.92 Å². The molecule has 1 heterocycles. The largest absolute Gasteiger partial charge is 0.398 e. The number of nitrogens with two attached hydrogens (primary N) is 1. The first kappa shape index (κ1) is 22.5. The first-order valence-corrected chi connectivity index (χ1v) is 9.76. The number of halogens is 4. The zero-order chi connectivity index (χ0) is 22.7. The Morgan fingerprint density at radius 1 is 1.03 bits per heavy atom. The summed E-state index contributed by atoms with van der Waals surface area (Å²) in [5.74, 6) is -2.50. The second-order valence-corrected chi connectivity index (χ2v) is 7.23. The Bertz CT molecular complexity index is 1190. The number of nitrogens with zero attached hydrogens (tertiary/aromatic N) is 1. The summed E-state index contributed by atoms with van der Waals surface area (Å²) in [6.45, 7) is 2.15. The topological polar surface area (TPSA) is 97.1 Å². The van der Waals surface area contributed by atoms with E-state index in [-0.39, 0.29) is 43.8 Å². The van der Waals surface area contributed by atoms with Crippen molar-refractivity contribution in [2.75, 3.05) is 17.6 Å².